The molecule has 0 atom stereocenters. The van der Waals surface area contributed by atoms with E-state index in [0.29, 0.717) is 22.6 Å². The van der Waals surface area contributed by atoms with Crippen LogP contribution in [0.25, 0.3) is 0 Å². The predicted molar refractivity (Wildman–Crippen MR) is 75.7 cm³/mol. The maximum absolute atomic E-state index is 10.7. The van der Waals surface area contributed by atoms with E-state index in [0.717, 1.165) is 0 Å². The molecule has 1 N–H and O–H groups in total. The highest BCUT2D eigenvalue weighted by Crippen LogP contribution is 2.28. The number of hydrogen-bond acceptors (Lipinski definition) is 4. The molecular formula is C15H13NO5. The van der Waals surface area contributed by atoms with Crippen molar-refractivity contribution >= 4 is 11.7 Å². The number of nitro benzene ring substituents is 1. The lowest BCUT2D eigenvalue weighted by Crippen LogP contribution is -2.00. The van der Waals surface area contributed by atoms with E-state index in [2.05, 4.69) is 0 Å². The molecule has 0 saturated carbocycles. The smallest absolute Gasteiger partial charge is 0.307 e. The molecule has 21 heavy (non-hydrogen) atoms. The van der Waals surface area contributed by atoms with Gasteiger partial charge in [0.1, 0.15) is 11.5 Å². The minimum atomic E-state index is -0.918. The van der Waals surface area contributed by atoms with Crippen molar-refractivity contribution in [2.75, 3.05) is 0 Å². The summed E-state index contributed by atoms with van der Waals surface area (Å²) >= 11 is 0. The number of carbonyl (C=O) groups is 1. The van der Waals surface area contributed by atoms with Gasteiger partial charge in [-0.25, -0.2) is 0 Å². The summed E-state index contributed by atoms with van der Waals surface area (Å²) in [6.07, 6.45) is -0.0869. The van der Waals surface area contributed by atoms with Crippen LogP contribution in [-0.4, -0.2) is 16.0 Å². The summed E-state index contributed by atoms with van der Waals surface area (Å²) in [6, 6.07) is 11.1. The normalized spacial score (nSPS) is 10.1. The number of rotatable bonds is 5. The van der Waals surface area contributed by atoms with E-state index in [9.17, 15) is 14.9 Å². The Hall–Kier alpha value is -2.89. The molecule has 6 nitrogen and oxygen atoms in total. The predicted octanol–water partition coefficient (Wildman–Crippen LogP) is 3.32. The number of nitrogens with zero attached hydrogens (tertiary/aromatic N) is 1. The van der Waals surface area contributed by atoms with Crippen LogP contribution >= 0.6 is 0 Å². The van der Waals surface area contributed by atoms with Crippen LogP contribution in [0.4, 0.5) is 5.69 Å². The van der Waals surface area contributed by atoms with E-state index >= 15 is 0 Å². The fraction of sp³-hybridized carbons (Fsp3) is 0.133. The zero-order valence-corrected chi connectivity index (χ0v) is 11.3. The van der Waals surface area contributed by atoms with E-state index in [1.807, 2.05) is 0 Å². The molecular weight excluding hydrogens is 274 g/mol. The van der Waals surface area contributed by atoms with Crippen molar-refractivity contribution in [2.24, 2.45) is 0 Å². The largest absolute Gasteiger partial charge is 0.481 e. The van der Waals surface area contributed by atoms with Crippen LogP contribution in [0.15, 0.2) is 42.5 Å². The van der Waals surface area contributed by atoms with Gasteiger partial charge in [0, 0.05) is 12.1 Å². The first-order valence-electron chi connectivity index (χ1n) is 6.19. The van der Waals surface area contributed by atoms with E-state index in [1.165, 1.54) is 18.2 Å². The lowest BCUT2D eigenvalue weighted by molar-refractivity contribution is -0.384. The Balaban J connectivity index is 2.22. The Morgan fingerprint density at radius 3 is 2.67 bits per heavy atom. The van der Waals surface area contributed by atoms with Crippen LogP contribution in [0.3, 0.4) is 0 Å². The zero-order chi connectivity index (χ0) is 15.4. The lowest BCUT2D eigenvalue weighted by Gasteiger charge is -2.09. The molecule has 2 rings (SSSR count). The number of carboxylic acids is 1. The second-order valence-electron chi connectivity index (χ2n) is 4.53. The summed E-state index contributed by atoms with van der Waals surface area (Å²) in [4.78, 5) is 20.9. The van der Waals surface area contributed by atoms with Gasteiger partial charge >= 0.3 is 5.97 Å². The van der Waals surface area contributed by atoms with Gasteiger partial charge in [-0.1, -0.05) is 12.1 Å². The summed E-state index contributed by atoms with van der Waals surface area (Å²) < 4.78 is 5.65. The molecule has 2 aromatic rings. The second kappa shape index (κ2) is 6.04. The summed E-state index contributed by atoms with van der Waals surface area (Å²) in [7, 11) is 0. The first-order chi connectivity index (χ1) is 9.95. The van der Waals surface area contributed by atoms with Crippen molar-refractivity contribution in [3.05, 3.63) is 63.7 Å². The van der Waals surface area contributed by atoms with Crippen molar-refractivity contribution in [3.8, 4) is 11.5 Å². The molecule has 0 aliphatic carbocycles. The molecule has 108 valence electrons. The van der Waals surface area contributed by atoms with Crippen molar-refractivity contribution in [1.82, 2.24) is 0 Å². The third-order valence-corrected chi connectivity index (χ3v) is 2.85. The molecule has 0 aliphatic rings. The van der Waals surface area contributed by atoms with Gasteiger partial charge in [-0.05, 0) is 36.2 Å². The fourth-order valence-electron chi connectivity index (χ4n) is 1.88. The van der Waals surface area contributed by atoms with E-state index in [4.69, 9.17) is 9.84 Å². The molecule has 6 heteroatoms. The Morgan fingerprint density at radius 2 is 2.05 bits per heavy atom. The topological polar surface area (TPSA) is 89.7 Å². The number of carboxylic acid groups (broad SMARTS) is 1. The van der Waals surface area contributed by atoms with Crippen molar-refractivity contribution in [3.63, 3.8) is 0 Å². The summed E-state index contributed by atoms with van der Waals surface area (Å²) in [6.45, 7) is 1.71. The number of ether oxygens (including phenoxy) is 1. The van der Waals surface area contributed by atoms with Crippen molar-refractivity contribution in [1.29, 1.82) is 0 Å². The molecule has 0 aromatic heterocycles. The summed E-state index contributed by atoms with van der Waals surface area (Å²) in [5, 5.41) is 19.4. The van der Waals surface area contributed by atoms with Crippen molar-refractivity contribution in [2.45, 2.75) is 13.3 Å². The van der Waals surface area contributed by atoms with Gasteiger partial charge in [0.2, 0.25) is 0 Å². The van der Waals surface area contributed by atoms with Gasteiger partial charge < -0.3 is 9.84 Å². The highest BCUT2D eigenvalue weighted by Gasteiger charge is 2.10. The van der Waals surface area contributed by atoms with Gasteiger partial charge in [0.15, 0.2) is 0 Å². The third-order valence-electron chi connectivity index (χ3n) is 2.85. The number of benzene rings is 2. The van der Waals surface area contributed by atoms with Gasteiger partial charge in [-0.3, -0.25) is 14.9 Å². The number of aliphatic carboxylic acids is 1. The molecule has 0 fully saturated rings. The molecule has 0 unspecified atom stereocenters. The lowest BCUT2D eigenvalue weighted by atomic mass is 10.1. The molecule has 0 heterocycles. The minimum Gasteiger partial charge on any atom is -0.481 e. The molecule has 0 aliphatic heterocycles. The summed E-state index contributed by atoms with van der Waals surface area (Å²) in [5.74, 6) is 0.0671. The van der Waals surface area contributed by atoms with Gasteiger partial charge in [0.25, 0.3) is 5.69 Å². The number of non-ortho nitro benzene ring substituents is 1. The van der Waals surface area contributed by atoms with Crippen LogP contribution < -0.4 is 4.74 Å². The molecule has 0 bridgehead atoms. The van der Waals surface area contributed by atoms with Crippen LogP contribution in [-0.2, 0) is 11.2 Å². The van der Waals surface area contributed by atoms with Crippen LogP contribution in [0.2, 0.25) is 0 Å². The molecule has 0 spiro atoms. The Kier molecular flexibility index (Phi) is 4.18. The SMILES string of the molecule is Cc1cc([N+](=O)[O-])ccc1Oc1cccc(CC(=O)O)c1. The van der Waals surface area contributed by atoms with Crippen LogP contribution in [0.1, 0.15) is 11.1 Å². The Labute approximate surface area is 120 Å². The van der Waals surface area contributed by atoms with Crippen molar-refractivity contribution < 1.29 is 19.6 Å². The van der Waals surface area contributed by atoms with Gasteiger partial charge in [-0.15, -0.1) is 0 Å². The first-order valence-corrected chi connectivity index (χ1v) is 6.19. The average Bonchev–Trinajstić information content (AvgIpc) is 2.40. The Morgan fingerprint density at radius 1 is 1.29 bits per heavy atom. The second-order valence-corrected chi connectivity index (χ2v) is 4.53. The standard InChI is InChI=1S/C15H13NO5/c1-10-7-12(16(19)20)5-6-14(10)21-13-4-2-3-11(8-13)9-15(17)18/h2-8H,9H2,1H3,(H,17,18). The molecule has 0 amide bonds. The maximum atomic E-state index is 10.7. The number of aryl methyl sites for hydroxylation is 1. The van der Waals surface area contributed by atoms with E-state index in [1.54, 1.807) is 31.2 Å². The average molecular weight is 287 g/mol. The maximum Gasteiger partial charge on any atom is 0.307 e. The molecule has 0 saturated heterocycles. The van der Waals surface area contributed by atoms with Gasteiger partial charge in [-0.2, -0.15) is 0 Å². The van der Waals surface area contributed by atoms with Gasteiger partial charge in [0.05, 0.1) is 11.3 Å². The zero-order valence-electron chi connectivity index (χ0n) is 11.3. The monoisotopic (exact) mass is 287 g/mol. The van der Waals surface area contributed by atoms with E-state index in [-0.39, 0.29) is 12.1 Å². The van der Waals surface area contributed by atoms with Crippen LogP contribution in [0.5, 0.6) is 11.5 Å². The highest BCUT2D eigenvalue weighted by atomic mass is 16.6. The van der Waals surface area contributed by atoms with Crippen LogP contribution in [0, 0.1) is 17.0 Å². The molecule has 2 aromatic carbocycles. The molecule has 0 radical (unpaired) electrons. The number of hydrogen-bond donors (Lipinski definition) is 1. The third kappa shape index (κ3) is 3.79. The highest BCUT2D eigenvalue weighted by molar-refractivity contribution is 5.70. The first kappa shape index (κ1) is 14.5. The minimum absolute atomic E-state index is 0.000483. The van der Waals surface area contributed by atoms with E-state index < -0.39 is 10.9 Å². The quantitative estimate of drug-likeness (QED) is 0.673. The Bertz CT molecular complexity index is 696. The fourth-order valence-corrected chi connectivity index (χ4v) is 1.88. The number of nitro groups is 1. The summed E-state index contributed by atoms with van der Waals surface area (Å²) in [5.41, 5.74) is 1.26.